The summed E-state index contributed by atoms with van der Waals surface area (Å²) in [4.78, 5) is 2.39. The van der Waals surface area contributed by atoms with Crippen molar-refractivity contribution in [1.29, 1.82) is 0 Å². The highest BCUT2D eigenvalue weighted by Gasteiger charge is 2.14. The quantitative estimate of drug-likeness (QED) is 0.746. The summed E-state index contributed by atoms with van der Waals surface area (Å²) < 4.78 is 7.72. The molecule has 0 saturated carbocycles. The Morgan fingerprint density at radius 3 is 2.82 bits per heavy atom. The van der Waals surface area contributed by atoms with Gasteiger partial charge in [0, 0.05) is 42.7 Å². The Morgan fingerprint density at radius 1 is 1.12 bits per heavy atom. The van der Waals surface area contributed by atoms with Gasteiger partial charge >= 0.3 is 0 Å². The molecule has 2 aromatic rings. The molecule has 0 spiro atoms. The highest BCUT2D eigenvalue weighted by atomic mass is 16.5. The molecular formula is C14H18N2O. The Bertz CT molecular complexity index is 544. The van der Waals surface area contributed by atoms with Crippen molar-refractivity contribution >= 4 is 10.9 Å². The van der Waals surface area contributed by atoms with Crippen LogP contribution in [0.5, 0.6) is 5.75 Å². The summed E-state index contributed by atoms with van der Waals surface area (Å²) in [6.45, 7) is 3.36. The van der Waals surface area contributed by atoms with E-state index in [1.165, 1.54) is 16.6 Å². The third kappa shape index (κ3) is 1.80. The van der Waals surface area contributed by atoms with Gasteiger partial charge < -0.3 is 14.2 Å². The first-order valence-corrected chi connectivity index (χ1v) is 6.12. The van der Waals surface area contributed by atoms with Crippen molar-refractivity contribution in [2.45, 2.75) is 13.0 Å². The SMILES string of the molecule is COc1ccc2c(c1)cc1n2CCN(C)CC1. The van der Waals surface area contributed by atoms with E-state index in [0.717, 1.165) is 31.8 Å². The summed E-state index contributed by atoms with van der Waals surface area (Å²) in [5.74, 6) is 0.940. The molecule has 0 radical (unpaired) electrons. The lowest BCUT2D eigenvalue weighted by molar-refractivity contribution is 0.343. The minimum atomic E-state index is 0.940. The molecule has 1 aliphatic heterocycles. The molecule has 3 heteroatoms. The number of rotatable bonds is 1. The zero-order valence-corrected chi connectivity index (χ0v) is 10.4. The monoisotopic (exact) mass is 230 g/mol. The third-order valence-corrected chi connectivity index (χ3v) is 3.65. The molecule has 0 bridgehead atoms. The fourth-order valence-corrected chi connectivity index (χ4v) is 2.59. The van der Waals surface area contributed by atoms with Gasteiger partial charge in [0.15, 0.2) is 0 Å². The standard InChI is InChI=1S/C14H18N2O/c1-15-6-5-12-9-11-10-13(17-2)3-4-14(11)16(12)8-7-15/h3-4,9-10H,5-8H2,1-2H3. The average molecular weight is 230 g/mol. The van der Waals surface area contributed by atoms with Gasteiger partial charge in [-0.1, -0.05) is 0 Å². The van der Waals surface area contributed by atoms with Gasteiger partial charge in [-0.05, 0) is 31.3 Å². The van der Waals surface area contributed by atoms with Gasteiger partial charge in [-0.2, -0.15) is 0 Å². The van der Waals surface area contributed by atoms with Crippen molar-refractivity contribution in [1.82, 2.24) is 9.47 Å². The van der Waals surface area contributed by atoms with E-state index in [-0.39, 0.29) is 0 Å². The van der Waals surface area contributed by atoms with Crippen LogP contribution < -0.4 is 4.74 Å². The van der Waals surface area contributed by atoms with Gasteiger partial charge in [0.05, 0.1) is 7.11 Å². The normalized spacial score (nSPS) is 16.8. The summed E-state index contributed by atoms with van der Waals surface area (Å²) in [5, 5.41) is 1.30. The van der Waals surface area contributed by atoms with E-state index in [0.29, 0.717) is 0 Å². The number of fused-ring (bicyclic) bond motifs is 3. The van der Waals surface area contributed by atoms with Crippen molar-refractivity contribution in [2.24, 2.45) is 0 Å². The van der Waals surface area contributed by atoms with Crippen LogP contribution in [0.15, 0.2) is 24.3 Å². The molecule has 3 nitrogen and oxygen atoms in total. The Balaban J connectivity index is 2.10. The van der Waals surface area contributed by atoms with Gasteiger partial charge in [-0.3, -0.25) is 0 Å². The van der Waals surface area contributed by atoms with Crippen LogP contribution in [-0.4, -0.2) is 36.7 Å². The van der Waals surface area contributed by atoms with Crippen LogP contribution >= 0.6 is 0 Å². The Hall–Kier alpha value is -1.48. The number of ether oxygens (including phenoxy) is 1. The molecule has 2 heterocycles. The van der Waals surface area contributed by atoms with Gasteiger partial charge in [-0.15, -0.1) is 0 Å². The molecule has 0 atom stereocenters. The number of aromatic nitrogens is 1. The van der Waals surface area contributed by atoms with E-state index >= 15 is 0 Å². The average Bonchev–Trinajstić information content (AvgIpc) is 2.60. The summed E-state index contributed by atoms with van der Waals surface area (Å²) in [6, 6.07) is 8.64. The Kier molecular flexibility index (Phi) is 2.56. The van der Waals surface area contributed by atoms with Crippen molar-refractivity contribution in [2.75, 3.05) is 27.2 Å². The van der Waals surface area contributed by atoms with Crippen molar-refractivity contribution < 1.29 is 4.74 Å². The lowest BCUT2D eigenvalue weighted by atomic mass is 10.2. The minimum Gasteiger partial charge on any atom is -0.497 e. The van der Waals surface area contributed by atoms with E-state index < -0.39 is 0 Å². The molecule has 0 N–H and O–H groups in total. The Labute approximate surface area is 102 Å². The van der Waals surface area contributed by atoms with Gasteiger partial charge in [0.1, 0.15) is 5.75 Å². The maximum atomic E-state index is 5.28. The molecule has 0 unspecified atom stereocenters. The summed E-state index contributed by atoms with van der Waals surface area (Å²) >= 11 is 0. The maximum Gasteiger partial charge on any atom is 0.119 e. The van der Waals surface area contributed by atoms with Crippen LogP contribution in [0.1, 0.15) is 5.69 Å². The molecule has 0 amide bonds. The number of nitrogens with zero attached hydrogens (tertiary/aromatic N) is 2. The highest BCUT2D eigenvalue weighted by molar-refractivity contribution is 5.83. The van der Waals surface area contributed by atoms with E-state index in [1.54, 1.807) is 7.11 Å². The highest BCUT2D eigenvalue weighted by Crippen LogP contribution is 2.26. The molecule has 17 heavy (non-hydrogen) atoms. The molecular weight excluding hydrogens is 212 g/mol. The third-order valence-electron chi connectivity index (χ3n) is 3.65. The summed E-state index contributed by atoms with van der Waals surface area (Å²) in [6.07, 6.45) is 1.13. The molecule has 0 aliphatic carbocycles. The van der Waals surface area contributed by atoms with Crippen LogP contribution in [0.25, 0.3) is 10.9 Å². The topological polar surface area (TPSA) is 17.4 Å². The van der Waals surface area contributed by atoms with Crippen molar-refractivity contribution in [3.05, 3.63) is 30.0 Å². The van der Waals surface area contributed by atoms with Crippen LogP contribution in [0.2, 0.25) is 0 Å². The lowest BCUT2D eigenvalue weighted by Gasteiger charge is -2.11. The molecule has 0 fully saturated rings. The minimum absolute atomic E-state index is 0.940. The second kappa shape index (κ2) is 4.08. The van der Waals surface area contributed by atoms with E-state index in [4.69, 9.17) is 4.74 Å². The maximum absolute atomic E-state index is 5.28. The first-order valence-electron chi connectivity index (χ1n) is 6.12. The molecule has 3 rings (SSSR count). The number of hydrogen-bond acceptors (Lipinski definition) is 2. The second-order valence-corrected chi connectivity index (χ2v) is 4.77. The molecule has 1 aliphatic rings. The van der Waals surface area contributed by atoms with E-state index in [9.17, 15) is 0 Å². The lowest BCUT2D eigenvalue weighted by Crippen LogP contribution is -2.21. The predicted molar refractivity (Wildman–Crippen MR) is 69.7 cm³/mol. The zero-order chi connectivity index (χ0) is 11.8. The van der Waals surface area contributed by atoms with Crippen LogP contribution in [0.4, 0.5) is 0 Å². The molecule has 90 valence electrons. The zero-order valence-electron chi connectivity index (χ0n) is 10.4. The molecule has 1 aromatic heterocycles. The fraction of sp³-hybridized carbons (Fsp3) is 0.429. The Morgan fingerprint density at radius 2 is 2.00 bits per heavy atom. The predicted octanol–water partition coefficient (Wildman–Crippen LogP) is 2.14. The largest absolute Gasteiger partial charge is 0.497 e. The van der Waals surface area contributed by atoms with Gasteiger partial charge in [-0.25, -0.2) is 0 Å². The fourth-order valence-electron chi connectivity index (χ4n) is 2.59. The van der Waals surface area contributed by atoms with Crippen LogP contribution in [0, 0.1) is 0 Å². The summed E-state index contributed by atoms with van der Waals surface area (Å²) in [5.41, 5.74) is 2.77. The van der Waals surface area contributed by atoms with Gasteiger partial charge in [0.25, 0.3) is 0 Å². The number of hydrogen-bond donors (Lipinski definition) is 0. The van der Waals surface area contributed by atoms with Crippen LogP contribution in [0.3, 0.4) is 0 Å². The number of methoxy groups -OCH3 is 1. The molecule has 0 saturated heterocycles. The number of likely N-dealkylation sites (N-methyl/N-ethyl adjacent to an activating group) is 1. The van der Waals surface area contributed by atoms with E-state index in [1.807, 2.05) is 6.07 Å². The second-order valence-electron chi connectivity index (χ2n) is 4.77. The smallest absolute Gasteiger partial charge is 0.119 e. The van der Waals surface area contributed by atoms with Crippen LogP contribution in [-0.2, 0) is 13.0 Å². The molecule has 1 aromatic carbocycles. The van der Waals surface area contributed by atoms with E-state index in [2.05, 4.69) is 34.7 Å². The summed E-state index contributed by atoms with van der Waals surface area (Å²) in [7, 11) is 3.91. The first kappa shape index (κ1) is 10.7. The first-order chi connectivity index (χ1) is 8.28. The van der Waals surface area contributed by atoms with Gasteiger partial charge in [0.2, 0.25) is 0 Å². The van der Waals surface area contributed by atoms with Crippen molar-refractivity contribution in [3.8, 4) is 5.75 Å². The van der Waals surface area contributed by atoms with Crippen molar-refractivity contribution in [3.63, 3.8) is 0 Å². The number of benzene rings is 1.